The summed E-state index contributed by atoms with van der Waals surface area (Å²) in [4.78, 5) is 7.36. The molecule has 0 saturated heterocycles. The van der Waals surface area contributed by atoms with Gasteiger partial charge in [-0.1, -0.05) is 97.9 Å². The van der Waals surface area contributed by atoms with Crippen LogP contribution in [0.15, 0.2) is 156 Å². The number of aromatic nitrogens is 1. The van der Waals surface area contributed by atoms with E-state index in [-0.39, 0.29) is 0 Å². The molecule has 0 spiro atoms. The number of fused-ring (bicyclic) bond motifs is 6. The van der Waals surface area contributed by atoms with Crippen molar-refractivity contribution >= 4 is 71.2 Å². The van der Waals surface area contributed by atoms with E-state index in [2.05, 4.69) is 151 Å². The summed E-state index contributed by atoms with van der Waals surface area (Å²) in [7, 11) is 0. The minimum Gasteiger partial charge on any atom is -0.456 e. The molecule has 220 valence electrons. The van der Waals surface area contributed by atoms with Crippen molar-refractivity contribution < 1.29 is 4.42 Å². The van der Waals surface area contributed by atoms with Gasteiger partial charge >= 0.3 is 0 Å². The smallest absolute Gasteiger partial charge is 0.137 e. The highest BCUT2D eigenvalue weighted by Crippen LogP contribution is 2.43. The summed E-state index contributed by atoms with van der Waals surface area (Å²) in [6.45, 7) is 2.33. The van der Waals surface area contributed by atoms with Crippen LogP contribution >= 0.6 is 11.3 Å². The van der Waals surface area contributed by atoms with Gasteiger partial charge < -0.3 is 9.32 Å². The third kappa shape index (κ3) is 4.53. The van der Waals surface area contributed by atoms with Crippen LogP contribution in [0.25, 0.3) is 59.1 Å². The minimum atomic E-state index is 0.329. The lowest BCUT2D eigenvalue weighted by Crippen LogP contribution is -2.20. The van der Waals surface area contributed by atoms with Crippen molar-refractivity contribution in [2.75, 3.05) is 4.90 Å². The van der Waals surface area contributed by atoms with E-state index < -0.39 is 0 Å². The fourth-order valence-corrected chi connectivity index (χ4v) is 8.01. The predicted octanol–water partition coefficient (Wildman–Crippen LogP) is 12.2. The molecule has 1 unspecified atom stereocenters. The van der Waals surface area contributed by atoms with E-state index in [4.69, 9.17) is 9.40 Å². The minimum absolute atomic E-state index is 0.329. The van der Waals surface area contributed by atoms with Crippen LogP contribution in [0.4, 0.5) is 11.4 Å². The Morgan fingerprint density at radius 2 is 1.46 bits per heavy atom. The number of hydrogen-bond acceptors (Lipinski definition) is 4. The van der Waals surface area contributed by atoms with Crippen molar-refractivity contribution in [1.82, 2.24) is 4.98 Å². The Bertz CT molecular complexity index is 2470. The zero-order chi connectivity index (χ0) is 30.6. The Balaban J connectivity index is 1.11. The van der Waals surface area contributed by atoms with Gasteiger partial charge in [-0.2, -0.15) is 0 Å². The molecule has 4 heteroatoms. The van der Waals surface area contributed by atoms with Crippen molar-refractivity contribution in [3.05, 3.63) is 157 Å². The lowest BCUT2D eigenvalue weighted by Gasteiger charge is -2.32. The maximum absolute atomic E-state index is 6.48. The highest BCUT2D eigenvalue weighted by Gasteiger charge is 2.24. The maximum atomic E-state index is 6.48. The first-order valence-electron chi connectivity index (χ1n) is 15.8. The highest BCUT2D eigenvalue weighted by atomic mass is 32.1. The van der Waals surface area contributed by atoms with Crippen LogP contribution in [0, 0.1) is 5.92 Å². The number of para-hydroxylation sites is 1. The number of thiazole rings is 1. The Labute approximate surface area is 271 Å². The lowest BCUT2D eigenvalue weighted by molar-refractivity contribution is 0.668. The van der Waals surface area contributed by atoms with Crippen LogP contribution in [0.1, 0.15) is 18.9 Å². The van der Waals surface area contributed by atoms with Crippen LogP contribution in [-0.2, 0) is 0 Å². The second kappa shape index (κ2) is 10.9. The number of benzene rings is 6. The fraction of sp³-hybridized carbons (Fsp3) is 0.0714. The van der Waals surface area contributed by atoms with E-state index in [9.17, 15) is 0 Å². The molecular formula is C42H30N2OS. The molecule has 1 aliphatic rings. The summed E-state index contributed by atoms with van der Waals surface area (Å²) in [6, 6.07) is 47.3. The molecule has 1 atom stereocenters. The molecule has 46 heavy (non-hydrogen) atoms. The molecule has 0 saturated carbocycles. The van der Waals surface area contributed by atoms with E-state index in [0.717, 1.165) is 44.4 Å². The van der Waals surface area contributed by atoms with Crippen LogP contribution in [0.2, 0.25) is 0 Å². The topological polar surface area (TPSA) is 29.3 Å². The standard InChI is InChI=1S/C42H30N2OS/c1-27-24-33(44(32-14-6-3-7-15-32)34-18-16-28-10-8-9-13-30(28)25-34)19-21-35(27)31-17-20-36-39(26-31)45-38-23-22-37-41(40(36)38)46-42(43-37)29-11-4-2-5-12-29/h2-23,25-27H,24H2,1H3. The molecule has 9 rings (SSSR count). The third-order valence-corrected chi connectivity index (χ3v) is 10.3. The number of nitrogens with zero attached hydrogens (tertiary/aromatic N) is 2. The van der Waals surface area contributed by atoms with Gasteiger partial charge in [0.15, 0.2) is 0 Å². The predicted molar refractivity (Wildman–Crippen MR) is 195 cm³/mol. The van der Waals surface area contributed by atoms with Gasteiger partial charge in [-0.3, -0.25) is 0 Å². The molecule has 0 aliphatic heterocycles. The molecule has 1 aliphatic carbocycles. The summed E-state index contributed by atoms with van der Waals surface area (Å²) in [6.07, 6.45) is 5.53. The van der Waals surface area contributed by atoms with Crippen molar-refractivity contribution in [2.24, 2.45) is 5.92 Å². The number of furan rings is 1. The van der Waals surface area contributed by atoms with Gasteiger partial charge in [0, 0.05) is 33.4 Å². The summed E-state index contributed by atoms with van der Waals surface area (Å²) in [5.41, 5.74) is 10.1. The van der Waals surface area contributed by atoms with Crippen LogP contribution in [0.5, 0.6) is 0 Å². The van der Waals surface area contributed by atoms with Gasteiger partial charge in [0.2, 0.25) is 0 Å². The second-order valence-electron chi connectivity index (χ2n) is 12.1. The molecule has 8 aromatic rings. The van der Waals surface area contributed by atoms with Crippen molar-refractivity contribution in [2.45, 2.75) is 13.3 Å². The molecule has 0 amide bonds. The first-order valence-corrected chi connectivity index (χ1v) is 16.6. The number of allylic oxidation sites excluding steroid dienone is 4. The van der Waals surface area contributed by atoms with Crippen LogP contribution in [0.3, 0.4) is 0 Å². The summed E-state index contributed by atoms with van der Waals surface area (Å²) < 4.78 is 7.66. The molecule has 2 aromatic heterocycles. The van der Waals surface area contributed by atoms with E-state index >= 15 is 0 Å². The average Bonchev–Trinajstić information content (AvgIpc) is 3.71. The molecular weight excluding hydrogens is 581 g/mol. The maximum Gasteiger partial charge on any atom is 0.137 e. The number of anilines is 2. The average molecular weight is 611 g/mol. The number of rotatable bonds is 5. The van der Waals surface area contributed by atoms with E-state index in [0.29, 0.717) is 5.92 Å². The SMILES string of the molecule is CC1CC(N(c2ccccc2)c2ccc3ccccc3c2)=CC=C1c1ccc2c(c1)oc1ccc3nc(-c4ccccc4)sc3c12. The Kier molecular flexibility index (Phi) is 6.36. The van der Waals surface area contributed by atoms with Gasteiger partial charge in [-0.05, 0) is 88.9 Å². The molecule has 0 bridgehead atoms. The van der Waals surface area contributed by atoms with E-state index in [1.165, 1.54) is 43.7 Å². The summed E-state index contributed by atoms with van der Waals surface area (Å²) >= 11 is 1.74. The second-order valence-corrected chi connectivity index (χ2v) is 13.1. The molecule has 0 fully saturated rings. The van der Waals surface area contributed by atoms with Gasteiger partial charge in [0.1, 0.15) is 16.2 Å². The van der Waals surface area contributed by atoms with Gasteiger partial charge in [-0.15, -0.1) is 11.3 Å². The monoisotopic (exact) mass is 610 g/mol. The molecule has 3 nitrogen and oxygen atoms in total. The normalized spacial score (nSPS) is 15.0. The van der Waals surface area contributed by atoms with Crippen molar-refractivity contribution in [3.8, 4) is 10.6 Å². The Morgan fingerprint density at radius 1 is 0.674 bits per heavy atom. The van der Waals surface area contributed by atoms with E-state index in [1.54, 1.807) is 11.3 Å². The highest BCUT2D eigenvalue weighted by molar-refractivity contribution is 7.22. The molecule has 6 aromatic carbocycles. The number of hydrogen-bond donors (Lipinski definition) is 0. The summed E-state index contributed by atoms with van der Waals surface area (Å²) in [5.74, 6) is 0.329. The Morgan fingerprint density at radius 3 is 2.28 bits per heavy atom. The zero-order valence-electron chi connectivity index (χ0n) is 25.4. The first-order chi connectivity index (χ1) is 22.7. The molecule has 2 heterocycles. The zero-order valence-corrected chi connectivity index (χ0v) is 26.2. The lowest BCUT2D eigenvalue weighted by atomic mass is 9.85. The van der Waals surface area contributed by atoms with Gasteiger partial charge in [0.25, 0.3) is 0 Å². The molecule has 0 radical (unpaired) electrons. The molecule has 0 N–H and O–H groups in total. The third-order valence-electron chi connectivity index (χ3n) is 9.14. The largest absolute Gasteiger partial charge is 0.456 e. The van der Waals surface area contributed by atoms with Crippen LogP contribution in [-0.4, -0.2) is 4.98 Å². The van der Waals surface area contributed by atoms with Crippen molar-refractivity contribution in [3.63, 3.8) is 0 Å². The quantitative estimate of drug-likeness (QED) is 0.194. The van der Waals surface area contributed by atoms with Gasteiger partial charge in [-0.25, -0.2) is 4.98 Å². The first kappa shape index (κ1) is 26.9. The fourth-order valence-electron chi connectivity index (χ4n) is 6.89. The van der Waals surface area contributed by atoms with Crippen LogP contribution < -0.4 is 4.90 Å². The summed E-state index contributed by atoms with van der Waals surface area (Å²) in [5, 5.41) is 5.82. The van der Waals surface area contributed by atoms with Gasteiger partial charge in [0.05, 0.1) is 10.2 Å². The Hall–Kier alpha value is -5.45. The van der Waals surface area contributed by atoms with E-state index in [1.807, 2.05) is 6.07 Å². The van der Waals surface area contributed by atoms with Crippen molar-refractivity contribution in [1.29, 1.82) is 0 Å².